The first-order valence-electron chi connectivity index (χ1n) is 3.06. The van der Waals surface area contributed by atoms with Crippen LogP contribution in [0.1, 0.15) is 10.4 Å². The third-order valence-electron chi connectivity index (χ3n) is 1.23. The van der Waals surface area contributed by atoms with Crippen LogP contribution in [-0.4, -0.2) is 11.1 Å². The number of carboxylic acid groups (broad SMARTS) is 1. The van der Waals surface area contributed by atoms with Crippen LogP contribution in [0.5, 0.6) is 0 Å². The molecule has 0 aliphatic heterocycles. The van der Waals surface area contributed by atoms with E-state index in [2.05, 4.69) is 0 Å². The van der Waals surface area contributed by atoms with Crippen LogP contribution in [0.4, 0.5) is 0 Å². The molecule has 0 saturated carbocycles. The average Bonchev–Trinajstić information content (AvgIpc) is 2.10. The molecule has 1 heterocycles. The van der Waals surface area contributed by atoms with E-state index in [0.717, 1.165) is 10.4 Å². The number of aryl methyl sites for hydroxylation is 1. The van der Waals surface area contributed by atoms with Gasteiger partial charge in [0.05, 0.1) is 10.8 Å². The van der Waals surface area contributed by atoms with Crippen LogP contribution < -0.4 is 0 Å². The van der Waals surface area contributed by atoms with Gasteiger partial charge < -0.3 is 5.11 Å². The molecule has 4 heteroatoms. The highest BCUT2D eigenvalue weighted by Crippen LogP contribution is 2.26. The summed E-state index contributed by atoms with van der Waals surface area (Å²) in [5, 5.41) is 8.43. The van der Waals surface area contributed by atoms with Crippen LogP contribution in [0.25, 0.3) is 0 Å². The average molecular weight is 191 g/mol. The number of rotatable bonds is 2. The fourth-order valence-electron chi connectivity index (χ4n) is 0.759. The van der Waals surface area contributed by atoms with Crippen molar-refractivity contribution >= 4 is 28.9 Å². The van der Waals surface area contributed by atoms with Gasteiger partial charge >= 0.3 is 5.97 Å². The highest BCUT2D eigenvalue weighted by molar-refractivity contribution is 7.16. The Labute approximate surface area is 73.4 Å². The Morgan fingerprint density at radius 2 is 2.45 bits per heavy atom. The molecule has 1 N–H and O–H groups in total. The highest BCUT2D eigenvalue weighted by atomic mass is 35.5. The van der Waals surface area contributed by atoms with Gasteiger partial charge in [-0.15, -0.1) is 11.3 Å². The topological polar surface area (TPSA) is 37.3 Å². The second-order valence-electron chi connectivity index (χ2n) is 2.24. The maximum Gasteiger partial charge on any atom is 0.308 e. The molecule has 1 rings (SSSR count). The van der Waals surface area contributed by atoms with Crippen LogP contribution >= 0.6 is 22.9 Å². The summed E-state index contributed by atoms with van der Waals surface area (Å²) in [4.78, 5) is 11.1. The van der Waals surface area contributed by atoms with Crippen molar-refractivity contribution in [2.45, 2.75) is 13.3 Å². The van der Waals surface area contributed by atoms with Gasteiger partial charge in [-0.2, -0.15) is 0 Å². The van der Waals surface area contributed by atoms with Gasteiger partial charge in [-0.25, -0.2) is 0 Å². The number of hydrogen-bond donors (Lipinski definition) is 1. The van der Waals surface area contributed by atoms with Crippen molar-refractivity contribution in [3.63, 3.8) is 0 Å². The first-order valence-corrected chi connectivity index (χ1v) is 4.25. The SMILES string of the molecule is Cc1cc(CC(=O)O)sc1Cl. The van der Waals surface area contributed by atoms with E-state index in [4.69, 9.17) is 16.7 Å². The van der Waals surface area contributed by atoms with Crippen molar-refractivity contribution in [1.29, 1.82) is 0 Å². The fraction of sp³-hybridized carbons (Fsp3) is 0.286. The number of thiophene rings is 1. The molecule has 60 valence electrons. The molecule has 1 aromatic heterocycles. The third-order valence-corrected chi connectivity index (χ3v) is 2.79. The minimum atomic E-state index is -0.817. The maximum atomic E-state index is 10.3. The first-order chi connectivity index (χ1) is 5.09. The molecule has 0 aliphatic carbocycles. The number of carboxylic acids is 1. The molecule has 0 aliphatic rings. The smallest absolute Gasteiger partial charge is 0.308 e. The molecule has 1 aromatic rings. The molecular formula is C7H7ClO2S. The van der Waals surface area contributed by atoms with Crippen molar-refractivity contribution in [2.24, 2.45) is 0 Å². The van der Waals surface area contributed by atoms with E-state index in [1.54, 1.807) is 6.07 Å². The molecule has 0 bridgehead atoms. The Bertz CT molecular complexity index is 260. The lowest BCUT2D eigenvalue weighted by Gasteiger charge is -1.85. The molecule has 0 aromatic carbocycles. The predicted octanol–water partition coefficient (Wildman–Crippen LogP) is 2.34. The van der Waals surface area contributed by atoms with Crippen LogP contribution in [0, 0.1) is 6.92 Å². The Balaban J connectivity index is 2.81. The Morgan fingerprint density at radius 1 is 1.82 bits per heavy atom. The van der Waals surface area contributed by atoms with E-state index in [0.29, 0.717) is 4.34 Å². The standard InChI is InChI=1S/C7H7ClO2S/c1-4-2-5(3-6(9)10)11-7(4)8/h2H,3H2,1H3,(H,9,10). The summed E-state index contributed by atoms with van der Waals surface area (Å²) in [6, 6.07) is 1.81. The monoisotopic (exact) mass is 190 g/mol. The van der Waals surface area contributed by atoms with Crippen LogP contribution in [0.3, 0.4) is 0 Å². The van der Waals surface area contributed by atoms with E-state index in [-0.39, 0.29) is 6.42 Å². The quantitative estimate of drug-likeness (QED) is 0.778. The van der Waals surface area contributed by atoms with E-state index < -0.39 is 5.97 Å². The molecule has 2 nitrogen and oxygen atoms in total. The largest absolute Gasteiger partial charge is 0.481 e. The van der Waals surface area contributed by atoms with Gasteiger partial charge in [-0.1, -0.05) is 11.6 Å². The summed E-state index contributed by atoms with van der Waals surface area (Å²) < 4.78 is 0.682. The van der Waals surface area contributed by atoms with Gasteiger partial charge in [0.15, 0.2) is 0 Å². The molecule has 0 radical (unpaired) electrons. The lowest BCUT2D eigenvalue weighted by molar-refractivity contribution is -0.136. The second kappa shape index (κ2) is 3.24. The van der Waals surface area contributed by atoms with E-state index in [9.17, 15) is 4.79 Å². The maximum absolute atomic E-state index is 10.3. The number of carbonyl (C=O) groups is 1. The van der Waals surface area contributed by atoms with E-state index >= 15 is 0 Å². The highest BCUT2D eigenvalue weighted by Gasteiger charge is 2.05. The van der Waals surface area contributed by atoms with Crippen molar-refractivity contribution < 1.29 is 9.90 Å². The zero-order valence-corrected chi connectivity index (χ0v) is 7.50. The summed E-state index contributed by atoms with van der Waals surface area (Å²) in [6.45, 7) is 1.87. The lowest BCUT2D eigenvalue weighted by atomic mass is 10.3. The normalized spacial score (nSPS) is 10.0. The molecule has 11 heavy (non-hydrogen) atoms. The minimum absolute atomic E-state index is 0.0677. The Morgan fingerprint density at radius 3 is 2.82 bits per heavy atom. The van der Waals surface area contributed by atoms with Gasteiger partial charge in [0, 0.05) is 4.88 Å². The fourth-order valence-corrected chi connectivity index (χ4v) is 1.99. The van der Waals surface area contributed by atoms with Crippen LogP contribution in [0.2, 0.25) is 4.34 Å². The zero-order chi connectivity index (χ0) is 8.43. The van der Waals surface area contributed by atoms with Gasteiger partial charge in [0.25, 0.3) is 0 Å². The molecule has 0 amide bonds. The Kier molecular flexibility index (Phi) is 2.52. The van der Waals surface area contributed by atoms with Gasteiger partial charge in [-0.3, -0.25) is 4.79 Å². The summed E-state index contributed by atoms with van der Waals surface area (Å²) in [7, 11) is 0. The van der Waals surface area contributed by atoms with Crippen molar-refractivity contribution in [3.05, 3.63) is 20.8 Å². The first kappa shape index (κ1) is 8.56. The van der Waals surface area contributed by atoms with Crippen molar-refractivity contribution in [1.82, 2.24) is 0 Å². The van der Waals surface area contributed by atoms with Crippen molar-refractivity contribution in [3.8, 4) is 0 Å². The molecule has 0 spiro atoms. The summed E-state index contributed by atoms with van der Waals surface area (Å²) in [5.74, 6) is -0.817. The van der Waals surface area contributed by atoms with Gasteiger partial charge in [-0.05, 0) is 18.6 Å². The number of halogens is 1. The summed E-state index contributed by atoms with van der Waals surface area (Å²) in [6.07, 6.45) is 0.0677. The number of hydrogen-bond acceptors (Lipinski definition) is 2. The van der Waals surface area contributed by atoms with Crippen LogP contribution in [-0.2, 0) is 11.2 Å². The lowest BCUT2D eigenvalue weighted by Crippen LogP contribution is -1.97. The number of aliphatic carboxylic acids is 1. The summed E-state index contributed by atoms with van der Waals surface area (Å²) >= 11 is 7.07. The molecule has 0 unspecified atom stereocenters. The van der Waals surface area contributed by atoms with Crippen LogP contribution in [0.15, 0.2) is 6.07 Å². The predicted molar refractivity (Wildman–Crippen MR) is 45.4 cm³/mol. The molecule has 0 atom stereocenters. The summed E-state index contributed by atoms with van der Waals surface area (Å²) in [5.41, 5.74) is 0.952. The van der Waals surface area contributed by atoms with E-state index in [1.807, 2.05) is 6.92 Å². The third kappa shape index (κ3) is 2.20. The molecular weight excluding hydrogens is 184 g/mol. The van der Waals surface area contributed by atoms with E-state index in [1.165, 1.54) is 11.3 Å². The van der Waals surface area contributed by atoms with Gasteiger partial charge in [0.2, 0.25) is 0 Å². The zero-order valence-electron chi connectivity index (χ0n) is 5.93. The second-order valence-corrected chi connectivity index (χ2v) is 3.98. The molecule has 0 saturated heterocycles. The van der Waals surface area contributed by atoms with Crippen molar-refractivity contribution in [2.75, 3.05) is 0 Å². The van der Waals surface area contributed by atoms with Gasteiger partial charge in [0.1, 0.15) is 0 Å². The Hall–Kier alpha value is -0.540. The molecule has 0 fully saturated rings. The minimum Gasteiger partial charge on any atom is -0.481 e.